The molecule has 0 bridgehead atoms. The van der Waals surface area contributed by atoms with Crippen molar-refractivity contribution in [3.8, 4) is 0 Å². The number of hydrogen-bond donors (Lipinski definition) is 0. The van der Waals surface area contributed by atoms with Crippen LogP contribution in [0.3, 0.4) is 0 Å². The lowest BCUT2D eigenvalue weighted by Gasteiger charge is -2.26. The smallest absolute Gasteiger partial charge is 0.224 e. The van der Waals surface area contributed by atoms with E-state index in [9.17, 15) is 4.79 Å². The van der Waals surface area contributed by atoms with Crippen molar-refractivity contribution < 1.29 is 4.79 Å². The van der Waals surface area contributed by atoms with Crippen molar-refractivity contribution in [3.63, 3.8) is 0 Å². The summed E-state index contributed by atoms with van der Waals surface area (Å²) in [6.45, 7) is 7.09. The summed E-state index contributed by atoms with van der Waals surface area (Å²) in [6, 6.07) is 4.08. The van der Waals surface area contributed by atoms with E-state index in [0.717, 1.165) is 31.6 Å². The minimum absolute atomic E-state index is 0.287. The molecule has 0 N–H and O–H groups in total. The molecule has 0 radical (unpaired) electrons. The minimum Gasteiger partial charge on any atom is -0.346 e. The quantitative estimate of drug-likeness (QED) is 0.848. The van der Waals surface area contributed by atoms with E-state index < -0.39 is 0 Å². The molecule has 3 rings (SSSR count). The molecule has 2 aromatic rings. The fourth-order valence-electron chi connectivity index (χ4n) is 3.57. The molecule has 1 aliphatic heterocycles. The van der Waals surface area contributed by atoms with Crippen molar-refractivity contribution >= 4 is 16.8 Å². The molecule has 1 fully saturated rings. The number of aryl methyl sites for hydroxylation is 1. The van der Waals surface area contributed by atoms with Crippen molar-refractivity contribution in [2.45, 2.75) is 46.1 Å². The second kappa shape index (κ2) is 6.11. The Balaban J connectivity index is 1.61. The van der Waals surface area contributed by atoms with Crippen LogP contribution >= 0.6 is 0 Å². The summed E-state index contributed by atoms with van der Waals surface area (Å²) in [5.74, 6) is 0.287. The van der Waals surface area contributed by atoms with Gasteiger partial charge in [0, 0.05) is 43.8 Å². The SMILES string of the molecule is CCC1(CC)CCN(C(=O)CCn2ccc3ccncc32)C1. The fourth-order valence-corrected chi connectivity index (χ4v) is 3.57. The van der Waals surface area contributed by atoms with Gasteiger partial charge < -0.3 is 9.47 Å². The number of amides is 1. The Morgan fingerprint density at radius 3 is 2.86 bits per heavy atom. The van der Waals surface area contributed by atoms with Crippen LogP contribution in [0.4, 0.5) is 0 Å². The maximum Gasteiger partial charge on any atom is 0.224 e. The van der Waals surface area contributed by atoms with E-state index in [4.69, 9.17) is 0 Å². The van der Waals surface area contributed by atoms with E-state index in [1.807, 2.05) is 18.5 Å². The number of hydrogen-bond acceptors (Lipinski definition) is 2. The second-order valence-corrected chi connectivity index (χ2v) is 6.47. The van der Waals surface area contributed by atoms with Crippen LogP contribution in [0.1, 0.15) is 39.5 Å². The van der Waals surface area contributed by atoms with Gasteiger partial charge in [0.1, 0.15) is 0 Å². The summed E-state index contributed by atoms with van der Waals surface area (Å²) >= 11 is 0. The highest BCUT2D eigenvalue weighted by Gasteiger charge is 2.36. The van der Waals surface area contributed by atoms with E-state index >= 15 is 0 Å². The van der Waals surface area contributed by atoms with Gasteiger partial charge in [-0.3, -0.25) is 9.78 Å². The molecule has 1 saturated heterocycles. The first-order valence-electron chi connectivity index (χ1n) is 8.34. The summed E-state index contributed by atoms with van der Waals surface area (Å²) < 4.78 is 2.13. The molecule has 1 aliphatic rings. The Kier molecular flexibility index (Phi) is 4.19. The van der Waals surface area contributed by atoms with Crippen molar-refractivity contribution in [1.82, 2.24) is 14.5 Å². The third-order valence-electron chi connectivity index (χ3n) is 5.43. The zero-order valence-corrected chi connectivity index (χ0v) is 13.6. The van der Waals surface area contributed by atoms with Gasteiger partial charge in [-0.2, -0.15) is 0 Å². The Hall–Kier alpha value is -1.84. The normalized spacial score (nSPS) is 17.3. The molecule has 0 saturated carbocycles. The number of nitrogens with zero attached hydrogens (tertiary/aromatic N) is 3. The molecular weight excluding hydrogens is 274 g/mol. The molecule has 118 valence electrons. The molecule has 0 unspecified atom stereocenters. The minimum atomic E-state index is 0.287. The second-order valence-electron chi connectivity index (χ2n) is 6.47. The summed E-state index contributed by atoms with van der Waals surface area (Å²) in [6.07, 6.45) is 9.78. The maximum atomic E-state index is 12.5. The maximum absolute atomic E-state index is 12.5. The predicted molar refractivity (Wildman–Crippen MR) is 88.6 cm³/mol. The van der Waals surface area contributed by atoms with Crippen LogP contribution in [0.15, 0.2) is 30.7 Å². The number of fused-ring (bicyclic) bond motifs is 1. The highest BCUT2D eigenvalue weighted by atomic mass is 16.2. The number of aromatic nitrogens is 2. The Labute approximate surface area is 132 Å². The van der Waals surface area contributed by atoms with Gasteiger partial charge in [-0.05, 0) is 36.8 Å². The van der Waals surface area contributed by atoms with E-state index in [-0.39, 0.29) is 5.91 Å². The zero-order valence-electron chi connectivity index (χ0n) is 13.6. The molecule has 4 nitrogen and oxygen atoms in total. The van der Waals surface area contributed by atoms with Crippen LogP contribution in [0.5, 0.6) is 0 Å². The van der Waals surface area contributed by atoms with Crippen molar-refractivity contribution in [1.29, 1.82) is 0 Å². The van der Waals surface area contributed by atoms with Crippen LogP contribution < -0.4 is 0 Å². The van der Waals surface area contributed by atoms with Crippen LogP contribution in [-0.2, 0) is 11.3 Å². The Bertz CT molecular complexity index is 657. The molecule has 2 aromatic heterocycles. The molecular formula is C18H25N3O. The highest BCUT2D eigenvalue weighted by Crippen LogP contribution is 2.37. The summed E-state index contributed by atoms with van der Waals surface area (Å²) in [7, 11) is 0. The van der Waals surface area contributed by atoms with Crippen molar-refractivity contribution in [2.75, 3.05) is 13.1 Å². The third-order valence-corrected chi connectivity index (χ3v) is 5.43. The lowest BCUT2D eigenvalue weighted by Crippen LogP contribution is -2.32. The van der Waals surface area contributed by atoms with Crippen LogP contribution in [0, 0.1) is 5.41 Å². The third kappa shape index (κ3) is 2.74. The number of likely N-dealkylation sites (tertiary alicyclic amines) is 1. The van der Waals surface area contributed by atoms with Crippen LogP contribution in [0.25, 0.3) is 10.9 Å². The summed E-state index contributed by atoms with van der Waals surface area (Å²) in [5, 5.41) is 1.18. The fraction of sp³-hybridized carbons (Fsp3) is 0.556. The van der Waals surface area contributed by atoms with Gasteiger partial charge in [0.05, 0.1) is 11.7 Å². The first-order valence-corrected chi connectivity index (χ1v) is 8.34. The van der Waals surface area contributed by atoms with Gasteiger partial charge in [-0.15, -0.1) is 0 Å². The molecule has 0 aromatic carbocycles. The average molecular weight is 299 g/mol. The molecule has 4 heteroatoms. The first kappa shape index (κ1) is 15.1. The van der Waals surface area contributed by atoms with E-state index in [2.05, 4.69) is 34.4 Å². The highest BCUT2D eigenvalue weighted by molar-refractivity contribution is 5.80. The van der Waals surface area contributed by atoms with Gasteiger partial charge in [-0.1, -0.05) is 13.8 Å². The molecule has 3 heterocycles. The monoisotopic (exact) mass is 299 g/mol. The zero-order chi connectivity index (χ0) is 15.6. The van der Waals surface area contributed by atoms with Crippen molar-refractivity contribution in [2.24, 2.45) is 5.41 Å². The molecule has 0 atom stereocenters. The number of carbonyl (C=O) groups is 1. The molecule has 1 amide bonds. The van der Waals surface area contributed by atoms with Gasteiger partial charge in [0.15, 0.2) is 0 Å². The summed E-state index contributed by atoms with van der Waals surface area (Å²) in [4.78, 5) is 18.7. The standard InChI is InChI=1S/C18H25N3O/c1-3-18(4-2)8-12-21(14-18)17(22)7-11-20-10-6-15-5-9-19-13-16(15)20/h5-6,9-10,13H,3-4,7-8,11-12,14H2,1-2H3. The van der Waals surface area contributed by atoms with Crippen molar-refractivity contribution in [3.05, 3.63) is 30.7 Å². The lowest BCUT2D eigenvalue weighted by molar-refractivity contribution is -0.130. The Morgan fingerprint density at radius 1 is 1.32 bits per heavy atom. The Morgan fingerprint density at radius 2 is 2.14 bits per heavy atom. The van der Waals surface area contributed by atoms with Crippen LogP contribution in [0.2, 0.25) is 0 Å². The van der Waals surface area contributed by atoms with Gasteiger partial charge in [0.25, 0.3) is 0 Å². The summed E-state index contributed by atoms with van der Waals surface area (Å²) in [5.41, 5.74) is 1.47. The van der Waals surface area contributed by atoms with Crippen LogP contribution in [-0.4, -0.2) is 33.4 Å². The van der Waals surface area contributed by atoms with E-state index in [1.54, 1.807) is 6.20 Å². The van der Waals surface area contributed by atoms with E-state index in [0.29, 0.717) is 11.8 Å². The van der Waals surface area contributed by atoms with Gasteiger partial charge >= 0.3 is 0 Å². The number of carbonyl (C=O) groups excluding carboxylic acids is 1. The topological polar surface area (TPSA) is 38.1 Å². The average Bonchev–Trinajstić information content (AvgIpc) is 3.18. The molecule has 0 spiro atoms. The molecule has 22 heavy (non-hydrogen) atoms. The van der Waals surface area contributed by atoms with Gasteiger partial charge in [0.2, 0.25) is 5.91 Å². The number of rotatable bonds is 5. The van der Waals surface area contributed by atoms with Gasteiger partial charge in [-0.25, -0.2) is 0 Å². The predicted octanol–water partition coefficient (Wildman–Crippen LogP) is 3.47. The first-order chi connectivity index (χ1) is 10.7. The lowest BCUT2D eigenvalue weighted by atomic mass is 9.82. The largest absolute Gasteiger partial charge is 0.346 e. The number of pyridine rings is 1. The van der Waals surface area contributed by atoms with E-state index in [1.165, 1.54) is 18.2 Å². The molecule has 0 aliphatic carbocycles.